The summed E-state index contributed by atoms with van der Waals surface area (Å²) in [5.74, 6) is 0.971. The third-order valence-corrected chi connectivity index (χ3v) is 4.44. The Morgan fingerprint density at radius 2 is 1.77 bits per heavy atom. The lowest BCUT2D eigenvalue weighted by Crippen LogP contribution is -2.37. The molecular weight excluding hydrogens is 290 g/mol. The highest BCUT2D eigenvalue weighted by Gasteiger charge is 2.15. The molecule has 0 saturated heterocycles. The minimum atomic E-state index is 0.499. The van der Waals surface area contributed by atoms with Gasteiger partial charge in [-0.2, -0.15) is 0 Å². The number of thiocarbonyl (C=S) groups is 1. The molecule has 120 valence electrons. The standard InChI is InChI=1S/C18H27N3S/c1-3-21(4-2)17(15-11-7-5-8-12-15)20-18(22)19-16-13-9-6-10-14-16/h5,7-8,11-12,16H,3-4,6,9-10,13-14H2,1-2H3,(H,19,22)/b20-17-. The van der Waals surface area contributed by atoms with Crippen LogP contribution in [-0.2, 0) is 0 Å². The first-order chi connectivity index (χ1) is 10.7. The van der Waals surface area contributed by atoms with Crippen LogP contribution in [-0.4, -0.2) is 35.0 Å². The van der Waals surface area contributed by atoms with Crippen LogP contribution in [0.25, 0.3) is 0 Å². The van der Waals surface area contributed by atoms with Crippen LogP contribution in [0.1, 0.15) is 51.5 Å². The fourth-order valence-electron chi connectivity index (χ4n) is 2.98. The van der Waals surface area contributed by atoms with Gasteiger partial charge in [-0.05, 0) is 38.9 Å². The second kappa shape index (κ2) is 8.89. The Bertz CT molecular complexity index is 488. The van der Waals surface area contributed by atoms with Crippen molar-refractivity contribution in [1.82, 2.24) is 10.2 Å². The van der Waals surface area contributed by atoms with E-state index in [-0.39, 0.29) is 0 Å². The monoisotopic (exact) mass is 317 g/mol. The van der Waals surface area contributed by atoms with Crippen molar-refractivity contribution in [1.29, 1.82) is 0 Å². The lowest BCUT2D eigenvalue weighted by atomic mass is 9.96. The van der Waals surface area contributed by atoms with E-state index in [1.165, 1.54) is 32.1 Å². The molecule has 0 unspecified atom stereocenters. The molecule has 0 bridgehead atoms. The highest BCUT2D eigenvalue weighted by atomic mass is 32.1. The Morgan fingerprint density at radius 3 is 2.36 bits per heavy atom. The molecule has 0 aromatic heterocycles. The van der Waals surface area contributed by atoms with Crippen LogP contribution in [0, 0.1) is 0 Å². The predicted molar refractivity (Wildman–Crippen MR) is 98.5 cm³/mol. The summed E-state index contributed by atoms with van der Waals surface area (Å²) < 4.78 is 0. The van der Waals surface area contributed by atoms with E-state index in [1.54, 1.807) is 0 Å². The van der Waals surface area contributed by atoms with Crippen molar-refractivity contribution in [3.05, 3.63) is 35.9 Å². The van der Waals surface area contributed by atoms with E-state index in [9.17, 15) is 0 Å². The Balaban J connectivity index is 2.14. The molecule has 1 N–H and O–H groups in total. The fourth-order valence-corrected chi connectivity index (χ4v) is 3.23. The predicted octanol–water partition coefficient (Wildman–Crippen LogP) is 3.98. The molecule has 1 fully saturated rings. The number of nitrogens with zero attached hydrogens (tertiary/aromatic N) is 2. The minimum absolute atomic E-state index is 0.499. The second-order valence-electron chi connectivity index (χ2n) is 5.76. The van der Waals surface area contributed by atoms with Crippen LogP contribution in [0.2, 0.25) is 0 Å². The van der Waals surface area contributed by atoms with E-state index in [4.69, 9.17) is 17.2 Å². The minimum Gasteiger partial charge on any atom is -0.358 e. The maximum absolute atomic E-state index is 5.50. The van der Waals surface area contributed by atoms with Gasteiger partial charge < -0.3 is 10.2 Å². The number of nitrogens with one attached hydrogen (secondary N) is 1. The maximum atomic E-state index is 5.50. The number of hydrogen-bond acceptors (Lipinski definition) is 1. The third kappa shape index (κ3) is 4.80. The molecule has 0 radical (unpaired) electrons. The number of aliphatic imine (C=N–C) groups is 1. The average molecular weight is 318 g/mol. The molecule has 22 heavy (non-hydrogen) atoms. The highest BCUT2D eigenvalue weighted by molar-refractivity contribution is 7.80. The molecular formula is C18H27N3S. The molecule has 1 aromatic rings. The number of hydrogen-bond donors (Lipinski definition) is 1. The first kappa shape index (κ1) is 16.9. The summed E-state index contributed by atoms with van der Waals surface area (Å²) in [6, 6.07) is 10.8. The number of amidine groups is 1. The molecule has 0 spiro atoms. The molecule has 1 saturated carbocycles. The van der Waals surface area contributed by atoms with E-state index >= 15 is 0 Å². The zero-order valence-electron chi connectivity index (χ0n) is 13.7. The van der Waals surface area contributed by atoms with Crippen LogP contribution >= 0.6 is 12.2 Å². The first-order valence-corrected chi connectivity index (χ1v) is 8.85. The van der Waals surface area contributed by atoms with Gasteiger partial charge in [0.1, 0.15) is 5.84 Å². The van der Waals surface area contributed by atoms with Crippen molar-refractivity contribution < 1.29 is 0 Å². The molecule has 3 nitrogen and oxygen atoms in total. The van der Waals surface area contributed by atoms with Gasteiger partial charge in [-0.3, -0.25) is 0 Å². The largest absolute Gasteiger partial charge is 0.358 e. The number of rotatable bonds is 4. The zero-order chi connectivity index (χ0) is 15.8. The van der Waals surface area contributed by atoms with Crippen LogP contribution < -0.4 is 5.32 Å². The van der Waals surface area contributed by atoms with Gasteiger partial charge in [0, 0.05) is 24.7 Å². The summed E-state index contributed by atoms with van der Waals surface area (Å²) in [5.41, 5.74) is 1.12. The van der Waals surface area contributed by atoms with E-state index in [1.807, 2.05) is 18.2 Å². The Labute approximate surface area is 139 Å². The quantitative estimate of drug-likeness (QED) is 0.517. The van der Waals surface area contributed by atoms with E-state index < -0.39 is 0 Å². The first-order valence-electron chi connectivity index (χ1n) is 8.44. The summed E-state index contributed by atoms with van der Waals surface area (Å²) in [6.45, 7) is 6.16. The van der Waals surface area contributed by atoms with Crippen molar-refractivity contribution in [2.45, 2.75) is 52.0 Å². The molecule has 0 amide bonds. The van der Waals surface area contributed by atoms with E-state index in [0.29, 0.717) is 11.2 Å². The van der Waals surface area contributed by atoms with Gasteiger partial charge >= 0.3 is 0 Å². The normalized spacial score (nSPS) is 16.4. The SMILES string of the molecule is CCN(CC)/C(=N\C(=S)NC1CCCCC1)c1ccccc1. The third-order valence-electron chi connectivity index (χ3n) is 4.24. The molecule has 1 aliphatic carbocycles. The Kier molecular flexibility index (Phi) is 6.84. The molecule has 1 aromatic carbocycles. The molecule has 4 heteroatoms. The summed E-state index contributed by atoms with van der Waals surface area (Å²) in [5, 5.41) is 4.06. The maximum Gasteiger partial charge on any atom is 0.194 e. The van der Waals surface area contributed by atoms with E-state index in [2.05, 4.69) is 36.2 Å². The molecule has 0 aliphatic heterocycles. The van der Waals surface area contributed by atoms with Crippen molar-refractivity contribution in [2.24, 2.45) is 4.99 Å². The van der Waals surface area contributed by atoms with Crippen molar-refractivity contribution >= 4 is 23.2 Å². The topological polar surface area (TPSA) is 27.6 Å². The molecule has 0 atom stereocenters. The lowest BCUT2D eigenvalue weighted by Gasteiger charge is -2.25. The Morgan fingerprint density at radius 1 is 1.14 bits per heavy atom. The van der Waals surface area contributed by atoms with Crippen LogP contribution in [0.4, 0.5) is 0 Å². The number of benzene rings is 1. The average Bonchev–Trinajstić information content (AvgIpc) is 2.56. The molecule has 1 aliphatic rings. The second-order valence-corrected chi connectivity index (χ2v) is 6.14. The summed E-state index contributed by atoms with van der Waals surface area (Å²) in [6.07, 6.45) is 6.36. The van der Waals surface area contributed by atoms with Crippen LogP contribution in [0.15, 0.2) is 35.3 Å². The van der Waals surface area contributed by atoms with Gasteiger partial charge in [0.15, 0.2) is 5.11 Å². The Hall–Kier alpha value is -1.42. The lowest BCUT2D eigenvalue weighted by molar-refractivity contribution is 0.414. The summed E-state index contributed by atoms with van der Waals surface area (Å²) in [4.78, 5) is 7.00. The smallest absolute Gasteiger partial charge is 0.194 e. The van der Waals surface area contributed by atoms with Crippen molar-refractivity contribution in [3.8, 4) is 0 Å². The molecule has 0 heterocycles. The van der Waals surface area contributed by atoms with Crippen LogP contribution in [0.5, 0.6) is 0 Å². The molecule has 2 rings (SSSR count). The van der Waals surface area contributed by atoms with Crippen molar-refractivity contribution in [2.75, 3.05) is 13.1 Å². The van der Waals surface area contributed by atoms with E-state index in [0.717, 1.165) is 24.5 Å². The van der Waals surface area contributed by atoms with Crippen LogP contribution in [0.3, 0.4) is 0 Å². The van der Waals surface area contributed by atoms with Gasteiger partial charge in [-0.15, -0.1) is 0 Å². The van der Waals surface area contributed by atoms with Gasteiger partial charge in [-0.1, -0.05) is 49.6 Å². The van der Waals surface area contributed by atoms with Gasteiger partial charge in [0.05, 0.1) is 0 Å². The highest BCUT2D eigenvalue weighted by Crippen LogP contribution is 2.17. The van der Waals surface area contributed by atoms with Crippen molar-refractivity contribution in [3.63, 3.8) is 0 Å². The zero-order valence-corrected chi connectivity index (χ0v) is 14.5. The van der Waals surface area contributed by atoms with Gasteiger partial charge in [0.2, 0.25) is 0 Å². The van der Waals surface area contributed by atoms with Gasteiger partial charge in [-0.25, -0.2) is 4.99 Å². The summed E-state index contributed by atoms with van der Waals surface area (Å²) >= 11 is 5.50. The fraction of sp³-hybridized carbons (Fsp3) is 0.556. The summed E-state index contributed by atoms with van der Waals surface area (Å²) in [7, 11) is 0. The van der Waals surface area contributed by atoms with Gasteiger partial charge in [0.25, 0.3) is 0 Å².